The molecule has 114 valence electrons. The molecule has 0 aliphatic rings. The fourth-order valence-corrected chi connectivity index (χ4v) is 2.51. The molecule has 0 aliphatic carbocycles. The third kappa shape index (κ3) is 5.64. The average molecular weight is 277 g/mol. The maximum atomic E-state index is 5.56. The van der Waals surface area contributed by atoms with Crippen LogP contribution in [0.4, 0.5) is 0 Å². The number of likely N-dealkylation sites (N-methyl/N-ethyl adjacent to an activating group) is 1. The van der Waals surface area contributed by atoms with Gasteiger partial charge in [0.05, 0.1) is 5.60 Å². The van der Waals surface area contributed by atoms with Crippen molar-refractivity contribution in [3.63, 3.8) is 0 Å². The van der Waals surface area contributed by atoms with Crippen LogP contribution in [-0.2, 0) is 11.2 Å². The van der Waals surface area contributed by atoms with Gasteiger partial charge in [0.25, 0.3) is 0 Å². The molecule has 0 aliphatic heterocycles. The van der Waals surface area contributed by atoms with Crippen molar-refractivity contribution in [2.45, 2.75) is 65.0 Å². The van der Waals surface area contributed by atoms with Crippen LogP contribution in [0.5, 0.6) is 0 Å². The van der Waals surface area contributed by atoms with E-state index >= 15 is 0 Å². The van der Waals surface area contributed by atoms with E-state index in [1.807, 2.05) is 0 Å². The highest BCUT2D eigenvalue weighted by Crippen LogP contribution is 2.20. The Labute approximate surface area is 124 Å². The van der Waals surface area contributed by atoms with E-state index in [0.29, 0.717) is 12.0 Å². The minimum absolute atomic E-state index is 0.0787. The van der Waals surface area contributed by atoms with Crippen LogP contribution < -0.4 is 5.32 Å². The summed E-state index contributed by atoms with van der Waals surface area (Å²) in [6.07, 6.45) is 2.07. The van der Waals surface area contributed by atoms with Gasteiger partial charge in [0, 0.05) is 13.2 Å². The van der Waals surface area contributed by atoms with E-state index in [9.17, 15) is 0 Å². The number of hydrogen-bond acceptors (Lipinski definition) is 2. The topological polar surface area (TPSA) is 21.3 Å². The standard InChI is InChI=1S/C18H31NO/c1-7-19-17(13-18(4,5)20-6)12-15-8-10-16(11-9-15)14(2)3/h8-11,14,17,19H,7,12-13H2,1-6H3. The zero-order valence-corrected chi connectivity index (χ0v) is 14.0. The molecule has 0 amide bonds. The first-order valence-corrected chi connectivity index (χ1v) is 7.75. The quantitative estimate of drug-likeness (QED) is 0.771. The smallest absolute Gasteiger partial charge is 0.0637 e. The van der Waals surface area contributed by atoms with Gasteiger partial charge in [-0.05, 0) is 50.3 Å². The normalized spacial score (nSPS) is 13.8. The summed E-state index contributed by atoms with van der Waals surface area (Å²) in [7, 11) is 1.79. The van der Waals surface area contributed by atoms with Gasteiger partial charge in [0.2, 0.25) is 0 Å². The van der Waals surface area contributed by atoms with Gasteiger partial charge in [-0.15, -0.1) is 0 Å². The van der Waals surface area contributed by atoms with Crippen LogP contribution in [0.2, 0.25) is 0 Å². The molecule has 0 radical (unpaired) electrons. The molecule has 1 aromatic carbocycles. The molecule has 2 nitrogen and oxygen atoms in total. The summed E-state index contributed by atoms with van der Waals surface area (Å²) in [6, 6.07) is 9.49. The zero-order chi connectivity index (χ0) is 15.2. The van der Waals surface area contributed by atoms with Gasteiger partial charge in [0.1, 0.15) is 0 Å². The molecule has 2 heteroatoms. The molecule has 0 saturated heterocycles. The van der Waals surface area contributed by atoms with Crippen molar-refractivity contribution in [1.29, 1.82) is 0 Å². The van der Waals surface area contributed by atoms with Crippen LogP contribution in [0.25, 0.3) is 0 Å². The first-order valence-electron chi connectivity index (χ1n) is 7.75. The Balaban J connectivity index is 2.69. The fourth-order valence-electron chi connectivity index (χ4n) is 2.51. The van der Waals surface area contributed by atoms with Crippen molar-refractivity contribution < 1.29 is 4.74 Å². The van der Waals surface area contributed by atoms with Crippen LogP contribution >= 0.6 is 0 Å². The number of methoxy groups -OCH3 is 1. The SMILES string of the molecule is CCNC(Cc1ccc(C(C)C)cc1)CC(C)(C)OC. The van der Waals surface area contributed by atoms with Gasteiger partial charge < -0.3 is 10.1 Å². The van der Waals surface area contributed by atoms with E-state index in [1.165, 1.54) is 11.1 Å². The van der Waals surface area contributed by atoms with Crippen molar-refractivity contribution in [1.82, 2.24) is 5.32 Å². The first-order chi connectivity index (χ1) is 9.38. The van der Waals surface area contributed by atoms with Gasteiger partial charge in [-0.1, -0.05) is 45.0 Å². The van der Waals surface area contributed by atoms with Gasteiger partial charge in [-0.25, -0.2) is 0 Å². The summed E-state index contributed by atoms with van der Waals surface area (Å²) in [4.78, 5) is 0. The molecule has 0 heterocycles. The van der Waals surface area contributed by atoms with E-state index in [4.69, 9.17) is 4.74 Å². The molecule has 1 rings (SSSR count). The summed E-state index contributed by atoms with van der Waals surface area (Å²) in [5, 5.41) is 3.58. The van der Waals surface area contributed by atoms with Crippen molar-refractivity contribution in [3.05, 3.63) is 35.4 Å². The summed E-state index contributed by atoms with van der Waals surface area (Å²) in [6.45, 7) is 11.9. The van der Waals surface area contributed by atoms with Crippen LogP contribution in [-0.4, -0.2) is 25.3 Å². The lowest BCUT2D eigenvalue weighted by atomic mass is 9.93. The fraction of sp³-hybridized carbons (Fsp3) is 0.667. The maximum Gasteiger partial charge on any atom is 0.0637 e. The highest BCUT2D eigenvalue weighted by atomic mass is 16.5. The average Bonchev–Trinajstić information content (AvgIpc) is 2.39. The first kappa shape index (κ1) is 17.2. The molecule has 0 spiro atoms. The Bertz CT molecular complexity index is 381. The maximum absolute atomic E-state index is 5.56. The minimum Gasteiger partial charge on any atom is -0.379 e. The zero-order valence-electron chi connectivity index (χ0n) is 14.0. The van der Waals surface area contributed by atoms with Crippen LogP contribution in [0.3, 0.4) is 0 Å². The summed E-state index contributed by atoms with van der Waals surface area (Å²) >= 11 is 0. The van der Waals surface area contributed by atoms with Crippen molar-refractivity contribution in [2.24, 2.45) is 0 Å². The molecule has 0 bridgehead atoms. The predicted octanol–water partition coefficient (Wildman–Crippen LogP) is 4.15. The monoisotopic (exact) mass is 277 g/mol. The number of nitrogens with one attached hydrogen (secondary N) is 1. The van der Waals surface area contributed by atoms with E-state index in [0.717, 1.165) is 19.4 Å². The van der Waals surface area contributed by atoms with Crippen molar-refractivity contribution >= 4 is 0 Å². The van der Waals surface area contributed by atoms with Gasteiger partial charge >= 0.3 is 0 Å². The van der Waals surface area contributed by atoms with E-state index in [2.05, 4.69) is 64.2 Å². The molecule has 0 saturated carbocycles. The lowest BCUT2D eigenvalue weighted by Crippen LogP contribution is -2.39. The van der Waals surface area contributed by atoms with Gasteiger partial charge in [-0.2, -0.15) is 0 Å². The molecule has 1 unspecified atom stereocenters. The Hall–Kier alpha value is -0.860. The third-order valence-electron chi connectivity index (χ3n) is 3.91. The lowest BCUT2D eigenvalue weighted by Gasteiger charge is -2.29. The Morgan fingerprint density at radius 2 is 1.75 bits per heavy atom. The summed E-state index contributed by atoms with van der Waals surface area (Å²) in [5.41, 5.74) is 2.73. The second kappa shape index (κ2) is 7.80. The Morgan fingerprint density at radius 1 is 1.15 bits per heavy atom. The second-order valence-corrected chi connectivity index (χ2v) is 6.52. The van der Waals surface area contributed by atoms with Crippen molar-refractivity contribution in [3.8, 4) is 0 Å². The molecular weight excluding hydrogens is 246 g/mol. The second-order valence-electron chi connectivity index (χ2n) is 6.52. The Morgan fingerprint density at radius 3 is 2.20 bits per heavy atom. The molecule has 1 N–H and O–H groups in total. The molecule has 20 heavy (non-hydrogen) atoms. The van der Waals surface area contributed by atoms with Crippen LogP contribution in [0.1, 0.15) is 58.1 Å². The highest BCUT2D eigenvalue weighted by Gasteiger charge is 2.22. The number of hydrogen-bond donors (Lipinski definition) is 1. The van der Waals surface area contributed by atoms with Gasteiger partial charge in [0.15, 0.2) is 0 Å². The Kier molecular flexibility index (Phi) is 6.70. The van der Waals surface area contributed by atoms with Crippen LogP contribution in [0.15, 0.2) is 24.3 Å². The number of ether oxygens (including phenoxy) is 1. The number of rotatable bonds is 8. The molecule has 1 aromatic rings. The van der Waals surface area contributed by atoms with Crippen LogP contribution in [0, 0.1) is 0 Å². The molecule has 1 atom stereocenters. The highest BCUT2D eigenvalue weighted by molar-refractivity contribution is 5.25. The third-order valence-corrected chi connectivity index (χ3v) is 3.91. The minimum atomic E-state index is -0.0787. The largest absolute Gasteiger partial charge is 0.379 e. The number of benzene rings is 1. The van der Waals surface area contributed by atoms with E-state index in [-0.39, 0.29) is 5.60 Å². The summed E-state index contributed by atoms with van der Waals surface area (Å²) < 4.78 is 5.56. The van der Waals surface area contributed by atoms with Gasteiger partial charge in [-0.3, -0.25) is 0 Å². The predicted molar refractivity (Wildman–Crippen MR) is 87.4 cm³/mol. The molecule has 0 fully saturated rings. The molecule has 0 aromatic heterocycles. The van der Waals surface area contributed by atoms with E-state index < -0.39 is 0 Å². The lowest BCUT2D eigenvalue weighted by molar-refractivity contribution is 0.00726. The molecular formula is C18H31NO. The summed E-state index contributed by atoms with van der Waals surface area (Å²) in [5.74, 6) is 0.598. The van der Waals surface area contributed by atoms with Crippen molar-refractivity contribution in [2.75, 3.05) is 13.7 Å². The van der Waals surface area contributed by atoms with E-state index in [1.54, 1.807) is 7.11 Å².